The Bertz CT molecular complexity index is 781. The third-order valence-corrected chi connectivity index (χ3v) is 3.48. The second-order valence-electron chi connectivity index (χ2n) is 5.45. The number of aliphatic carboxylic acids is 1. The van der Waals surface area contributed by atoms with Crippen LogP contribution in [-0.4, -0.2) is 35.0 Å². The predicted molar refractivity (Wildman–Crippen MR) is 85.9 cm³/mol. The fraction of sp³-hybridized carbons (Fsp3) is 0.222. The van der Waals surface area contributed by atoms with Crippen molar-refractivity contribution in [1.29, 1.82) is 0 Å². The number of carboxylic acid groups (broad SMARTS) is 1. The van der Waals surface area contributed by atoms with Crippen molar-refractivity contribution in [2.45, 2.75) is 13.0 Å². The molecule has 5 nitrogen and oxygen atoms in total. The molecule has 1 N–H and O–H groups in total. The number of hydrogen-bond acceptors (Lipinski definition) is 3. The Hall–Kier alpha value is -3.03. The average Bonchev–Trinajstić information content (AvgIpc) is 2.60. The van der Waals surface area contributed by atoms with Crippen LogP contribution >= 0.6 is 0 Å². The number of amides is 1. The van der Waals surface area contributed by atoms with Gasteiger partial charge in [-0.2, -0.15) is 0 Å². The number of carbonyl (C=O) groups excluding carboxylic acids is 1. The molecule has 1 amide bonds. The van der Waals surface area contributed by atoms with Crippen LogP contribution in [0.25, 0.3) is 0 Å². The van der Waals surface area contributed by atoms with Crippen LogP contribution in [0.3, 0.4) is 0 Å². The molecule has 0 fully saturated rings. The summed E-state index contributed by atoms with van der Waals surface area (Å²) in [5.74, 6) is -3.91. The first kappa shape index (κ1) is 19.3. The minimum atomic E-state index is -1.10. The minimum Gasteiger partial charge on any atom is -0.484 e. The molecule has 2 aromatic carbocycles. The third kappa shape index (κ3) is 5.80. The lowest BCUT2D eigenvalue weighted by atomic mass is 10.2. The lowest BCUT2D eigenvalue weighted by Gasteiger charge is -2.22. The van der Waals surface area contributed by atoms with Crippen molar-refractivity contribution in [3.05, 3.63) is 65.5 Å². The molecule has 2 aromatic rings. The summed E-state index contributed by atoms with van der Waals surface area (Å²) >= 11 is 0. The summed E-state index contributed by atoms with van der Waals surface area (Å²) < 4.78 is 44.4. The van der Waals surface area contributed by atoms with E-state index in [0.29, 0.717) is 5.56 Å². The second kappa shape index (κ2) is 8.89. The van der Waals surface area contributed by atoms with Gasteiger partial charge in [0.25, 0.3) is 5.91 Å². The van der Waals surface area contributed by atoms with Crippen LogP contribution in [0.5, 0.6) is 5.75 Å². The smallest absolute Gasteiger partial charge is 0.305 e. The number of ether oxygens (including phenoxy) is 1. The van der Waals surface area contributed by atoms with Crippen molar-refractivity contribution in [3.63, 3.8) is 0 Å². The van der Waals surface area contributed by atoms with Crippen molar-refractivity contribution < 1.29 is 32.6 Å². The molecular weight excluding hydrogens is 351 g/mol. The highest BCUT2D eigenvalue weighted by atomic mass is 19.2. The summed E-state index contributed by atoms with van der Waals surface area (Å²) in [5, 5.41) is 8.81. The van der Waals surface area contributed by atoms with Gasteiger partial charge >= 0.3 is 5.97 Å². The minimum absolute atomic E-state index is 0.101. The molecule has 0 heterocycles. The van der Waals surface area contributed by atoms with Crippen molar-refractivity contribution in [3.8, 4) is 5.75 Å². The molecule has 2 rings (SSSR count). The van der Waals surface area contributed by atoms with E-state index in [4.69, 9.17) is 9.84 Å². The van der Waals surface area contributed by atoms with Crippen molar-refractivity contribution in [2.24, 2.45) is 0 Å². The van der Waals surface area contributed by atoms with Gasteiger partial charge in [-0.05, 0) is 42.0 Å². The van der Waals surface area contributed by atoms with Gasteiger partial charge in [0.1, 0.15) is 11.6 Å². The normalized spacial score (nSPS) is 10.4. The fourth-order valence-corrected chi connectivity index (χ4v) is 2.15. The van der Waals surface area contributed by atoms with Gasteiger partial charge in [0.2, 0.25) is 0 Å². The summed E-state index contributed by atoms with van der Waals surface area (Å²) in [6, 6.07) is 8.21. The van der Waals surface area contributed by atoms with Crippen LogP contribution in [0.4, 0.5) is 13.2 Å². The Morgan fingerprint density at radius 1 is 1.00 bits per heavy atom. The maximum atomic E-state index is 13.3. The van der Waals surface area contributed by atoms with Gasteiger partial charge in [-0.1, -0.05) is 6.07 Å². The Kier molecular flexibility index (Phi) is 6.60. The Morgan fingerprint density at radius 2 is 1.69 bits per heavy atom. The van der Waals surface area contributed by atoms with Crippen molar-refractivity contribution in [2.75, 3.05) is 13.2 Å². The lowest BCUT2D eigenvalue weighted by Crippen LogP contribution is -2.36. The maximum Gasteiger partial charge on any atom is 0.305 e. The molecule has 0 saturated carbocycles. The van der Waals surface area contributed by atoms with Crippen LogP contribution in [-0.2, 0) is 16.1 Å². The van der Waals surface area contributed by atoms with E-state index in [1.165, 1.54) is 35.2 Å². The number of rotatable bonds is 8. The highest BCUT2D eigenvalue weighted by molar-refractivity contribution is 5.78. The quantitative estimate of drug-likeness (QED) is 0.779. The van der Waals surface area contributed by atoms with E-state index in [1.807, 2.05) is 0 Å². The van der Waals surface area contributed by atoms with Gasteiger partial charge in [-0.25, -0.2) is 13.2 Å². The standard InChI is InChI=1S/C18H16F3NO4/c19-13-2-4-14(5-3-13)26-11-17(23)22(8-7-18(24)25)10-12-1-6-15(20)16(21)9-12/h1-6,9H,7-8,10-11H2,(H,24,25). The summed E-state index contributed by atoms with van der Waals surface area (Å²) in [6.45, 7) is -0.634. The van der Waals surface area contributed by atoms with E-state index in [-0.39, 0.29) is 25.3 Å². The van der Waals surface area contributed by atoms with Gasteiger partial charge in [0.15, 0.2) is 18.2 Å². The number of benzene rings is 2. The largest absolute Gasteiger partial charge is 0.484 e. The van der Waals surface area contributed by atoms with E-state index in [0.717, 1.165) is 12.1 Å². The monoisotopic (exact) mass is 367 g/mol. The molecule has 0 aliphatic rings. The van der Waals surface area contributed by atoms with Crippen molar-refractivity contribution >= 4 is 11.9 Å². The Morgan fingerprint density at radius 3 is 2.31 bits per heavy atom. The van der Waals surface area contributed by atoms with E-state index < -0.39 is 35.9 Å². The highest BCUT2D eigenvalue weighted by Crippen LogP contribution is 2.14. The predicted octanol–water partition coefficient (Wildman–Crippen LogP) is 2.99. The topological polar surface area (TPSA) is 66.8 Å². The van der Waals surface area contributed by atoms with Gasteiger partial charge in [-0.3, -0.25) is 9.59 Å². The van der Waals surface area contributed by atoms with Crippen LogP contribution in [0.2, 0.25) is 0 Å². The molecule has 138 valence electrons. The molecule has 0 unspecified atom stereocenters. The van der Waals surface area contributed by atoms with E-state index >= 15 is 0 Å². The number of halogens is 3. The van der Waals surface area contributed by atoms with Gasteiger partial charge in [0, 0.05) is 13.1 Å². The molecule has 0 radical (unpaired) electrons. The van der Waals surface area contributed by atoms with E-state index in [9.17, 15) is 22.8 Å². The van der Waals surface area contributed by atoms with E-state index in [2.05, 4.69) is 0 Å². The molecule has 0 bridgehead atoms. The van der Waals surface area contributed by atoms with Crippen LogP contribution in [0, 0.1) is 17.5 Å². The zero-order valence-electron chi connectivity index (χ0n) is 13.6. The molecule has 0 saturated heterocycles. The Balaban J connectivity index is 2.04. The summed E-state index contributed by atoms with van der Waals surface area (Å²) in [7, 11) is 0. The second-order valence-corrected chi connectivity index (χ2v) is 5.45. The van der Waals surface area contributed by atoms with Gasteiger partial charge < -0.3 is 14.7 Å². The highest BCUT2D eigenvalue weighted by Gasteiger charge is 2.17. The summed E-state index contributed by atoms with van der Waals surface area (Å²) in [5.41, 5.74) is 0.310. The zero-order valence-corrected chi connectivity index (χ0v) is 13.6. The Labute approximate surface area is 147 Å². The first-order chi connectivity index (χ1) is 12.3. The van der Waals surface area contributed by atoms with Crippen LogP contribution in [0.1, 0.15) is 12.0 Å². The van der Waals surface area contributed by atoms with Gasteiger partial charge in [-0.15, -0.1) is 0 Å². The summed E-state index contributed by atoms with van der Waals surface area (Å²) in [6.07, 6.45) is -0.314. The maximum absolute atomic E-state index is 13.3. The molecule has 0 atom stereocenters. The number of carboxylic acids is 1. The average molecular weight is 367 g/mol. The molecule has 8 heteroatoms. The zero-order chi connectivity index (χ0) is 19.1. The van der Waals surface area contributed by atoms with Crippen LogP contribution in [0.15, 0.2) is 42.5 Å². The van der Waals surface area contributed by atoms with Crippen LogP contribution < -0.4 is 4.74 Å². The molecule has 0 aliphatic carbocycles. The SMILES string of the molecule is O=C(O)CCN(Cc1ccc(F)c(F)c1)C(=O)COc1ccc(F)cc1. The molecule has 26 heavy (non-hydrogen) atoms. The first-order valence-electron chi connectivity index (χ1n) is 7.67. The molecule has 0 aliphatic heterocycles. The van der Waals surface area contributed by atoms with Gasteiger partial charge in [0.05, 0.1) is 6.42 Å². The molecule has 0 aromatic heterocycles. The lowest BCUT2D eigenvalue weighted by molar-refractivity contribution is -0.139. The first-order valence-corrected chi connectivity index (χ1v) is 7.67. The number of hydrogen-bond donors (Lipinski definition) is 1. The van der Waals surface area contributed by atoms with E-state index in [1.54, 1.807) is 0 Å². The molecule has 0 spiro atoms. The number of carbonyl (C=O) groups is 2. The van der Waals surface area contributed by atoms with Crippen molar-refractivity contribution in [1.82, 2.24) is 4.90 Å². The molecular formula is C18H16F3NO4. The third-order valence-electron chi connectivity index (χ3n) is 3.48. The number of nitrogens with zero attached hydrogens (tertiary/aromatic N) is 1. The summed E-state index contributed by atoms with van der Waals surface area (Å²) in [4.78, 5) is 24.3. The fourth-order valence-electron chi connectivity index (χ4n) is 2.15.